The van der Waals surface area contributed by atoms with Crippen LogP contribution < -0.4 is 4.74 Å². The van der Waals surface area contributed by atoms with Gasteiger partial charge in [0.05, 0.1) is 5.56 Å². The lowest BCUT2D eigenvalue weighted by molar-refractivity contribution is 0.466. The Kier molecular flexibility index (Phi) is 10.1. The molecule has 0 atom stereocenters. The van der Waals surface area contributed by atoms with Gasteiger partial charge in [-0.3, -0.25) is 0 Å². The van der Waals surface area contributed by atoms with Crippen molar-refractivity contribution in [1.82, 2.24) is 15.0 Å². The van der Waals surface area contributed by atoms with Gasteiger partial charge >= 0.3 is 0 Å². The van der Waals surface area contributed by atoms with Crippen LogP contribution in [0.2, 0.25) is 0 Å². The van der Waals surface area contributed by atoms with Gasteiger partial charge in [0, 0.05) is 58.6 Å². The van der Waals surface area contributed by atoms with E-state index >= 15 is 0 Å². The van der Waals surface area contributed by atoms with E-state index in [1.54, 1.807) is 12.1 Å². The highest BCUT2D eigenvalue weighted by molar-refractivity contribution is 5.70. The highest BCUT2D eigenvalue weighted by Gasteiger charge is 2.15. The third-order valence-corrected chi connectivity index (χ3v) is 4.95. The largest absolute Gasteiger partial charge is 0.507 e. The molecule has 0 aliphatic rings. The van der Waals surface area contributed by atoms with Gasteiger partial charge in [0.15, 0.2) is 17.5 Å². The number of terminal acetylenes is 1. The van der Waals surface area contributed by atoms with E-state index in [0.29, 0.717) is 28.8 Å². The van der Waals surface area contributed by atoms with Crippen LogP contribution in [-0.4, -0.2) is 20.1 Å². The zero-order chi connectivity index (χ0) is 29.2. The van der Waals surface area contributed by atoms with E-state index in [4.69, 9.17) is 11.2 Å². The van der Waals surface area contributed by atoms with Gasteiger partial charge in [-0.25, -0.2) is 15.0 Å². The molecule has 0 unspecified atom stereocenters. The maximum atomic E-state index is 10.8. The third kappa shape index (κ3) is 8.38. The van der Waals surface area contributed by atoms with Crippen molar-refractivity contribution in [3.63, 3.8) is 0 Å². The molecule has 1 heterocycles. The molecular weight excluding hydrogens is 518 g/mol. The van der Waals surface area contributed by atoms with Crippen molar-refractivity contribution in [2.75, 3.05) is 0 Å². The molecule has 1 N–H and O–H groups in total. The zero-order valence-electron chi connectivity index (χ0n) is 21.8. The molecule has 0 spiro atoms. The summed E-state index contributed by atoms with van der Waals surface area (Å²) in [7, 11) is 0. The number of ether oxygens (including phenoxy) is 1. The standard InChI is InChI=1S/C37H15N3O2/c1-2-3-4-5-6-7-8-9-10-11-12-13-14-21-28-42-32-26-27-33(34(41)29-32)37-39-35(30-22-17-15-18-23-30)38-36(40-37)31-24-19-16-20-25-31/h1,15-20,22-27,29,41H. The predicted molar refractivity (Wildman–Crippen MR) is 162 cm³/mol. The van der Waals surface area contributed by atoms with Gasteiger partial charge in [-0.2, -0.15) is 0 Å². The van der Waals surface area contributed by atoms with Crippen molar-refractivity contribution in [2.24, 2.45) is 0 Å². The van der Waals surface area contributed by atoms with Crippen molar-refractivity contribution < 1.29 is 9.84 Å². The molecule has 4 rings (SSSR count). The Labute approximate surface area is 244 Å². The van der Waals surface area contributed by atoms with E-state index in [1.165, 1.54) is 6.07 Å². The molecule has 0 radical (unpaired) electrons. The van der Waals surface area contributed by atoms with Crippen LogP contribution in [0.25, 0.3) is 34.2 Å². The summed E-state index contributed by atoms with van der Waals surface area (Å²) in [6.45, 7) is 0. The topological polar surface area (TPSA) is 68.1 Å². The summed E-state index contributed by atoms with van der Waals surface area (Å²) >= 11 is 0. The Morgan fingerprint density at radius 2 is 0.976 bits per heavy atom. The molecule has 3 aromatic carbocycles. The summed E-state index contributed by atoms with van der Waals surface area (Å²) < 4.78 is 5.37. The quantitative estimate of drug-likeness (QED) is 0.390. The minimum absolute atomic E-state index is 0.0800. The number of aromatic nitrogens is 3. The number of hydrogen-bond acceptors (Lipinski definition) is 5. The van der Waals surface area contributed by atoms with E-state index < -0.39 is 0 Å². The molecule has 0 saturated heterocycles. The first kappa shape index (κ1) is 27.8. The van der Waals surface area contributed by atoms with Crippen LogP contribution >= 0.6 is 0 Å². The summed E-state index contributed by atoms with van der Waals surface area (Å²) in [6.07, 6.45) is 7.41. The summed E-state index contributed by atoms with van der Waals surface area (Å²) in [5.41, 5.74) is 2.07. The van der Waals surface area contributed by atoms with E-state index in [2.05, 4.69) is 104 Å². The summed E-state index contributed by atoms with van der Waals surface area (Å²) in [4.78, 5) is 13.9. The Morgan fingerprint density at radius 1 is 0.524 bits per heavy atom. The number of hydrogen-bond donors (Lipinski definition) is 1. The van der Waals surface area contributed by atoms with Gasteiger partial charge in [-0.1, -0.05) is 60.7 Å². The van der Waals surface area contributed by atoms with Crippen molar-refractivity contribution in [3.05, 3.63) is 78.9 Å². The second-order valence-electron chi connectivity index (χ2n) is 7.69. The molecule has 4 aromatic rings. The van der Waals surface area contributed by atoms with Crippen molar-refractivity contribution in [1.29, 1.82) is 0 Å². The molecule has 0 bridgehead atoms. The van der Waals surface area contributed by atoms with E-state index in [1.807, 2.05) is 60.7 Å². The molecule has 0 aliphatic carbocycles. The van der Waals surface area contributed by atoms with Crippen molar-refractivity contribution >= 4 is 0 Å². The average Bonchev–Trinajstić information content (AvgIpc) is 3.03. The monoisotopic (exact) mass is 533 g/mol. The maximum Gasteiger partial charge on any atom is 0.167 e. The van der Waals surface area contributed by atoms with Crippen molar-refractivity contribution in [2.45, 2.75) is 0 Å². The lowest BCUT2D eigenvalue weighted by atomic mass is 10.1. The number of aromatic hydroxyl groups is 1. The lowest BCUT2D eigenvalue weighted by Crippen LogP contribution is -2.00. The first-order valence-corrected chi connectivity index (χ1v) is 12.1. The van der Waals surface area contributed by atoms with Crippen LogP contribution in [0.4, 0.5) is 0 Å². The van der Waals surface area contributed by atoms with E-state index in [0.717, 1.165) is 11.1 Å². The number of phenolic OH excluding ortho intramolecular Hbond substituents is 1. The van der Waals surface area contributed by atoms with Gasteiger partial charge in [0.1, 0.15) is 17.6 Å². The van der Waals surface area contributed by atoms with Gasteiger partial charge in [0.2, 0.25) is 0 Å². The van der Waals surface area contributed by atoms with Gasteiger partial charge in [-0.15, -0.1) is 6.42 Å². The Hall–Kier alpha value is -7.25. The highest BCUT2D eigenvalue weighted by Crippen LogP contribution is 2.32. The Balaban J connectivity index is 1.46. The van der Waals surface area contributed by atoms with Crippen LogP contribution in [0.5, 0.6) is 11.5 Å². The van der Waals surface area contributed by atoms with Crippen LogP contribution in [0, 0.1) is 95.4 Å². The van der Waals surface area contributed by atoms with Crippen LogP contribution in [-0.2, 0) is 0 Å². The van der Waals surface area contributed by atoms with Crippen molar-refractivity contribution in [3.8, 4) is 141 Å². The smallest absolute Gasteiger partial charge is 0.167 e. The maximum absolute atomic E-state index is 10.8. The molecule has 0 saturated carbocycles. The van der Waals surface area contributed by atoms with E-state index in [-0.39, 0.29) is 5.75 Å². The van der Waals surface area contributed by atoms with Crippen LogP contribution in [0.3, 0.4) is 0 Å². The lowest BCUT2D eigenvalue weighted by Gasteiger charge is -2.09. The number of phenols is 1. The first-order chi connectivity index (χ1) is 20.7. The second-order valence-corrected chi connectivity index (χ2v) is 7.69. The highest BCUT2D eigenvalue weighted by atomic mass is 16.5. The van der Waals surface area contributed by atoms with Gasteiger partial charge < -0.3 is 9.84 Å². The minimum Gasteiger partial charge on any atom is -0.507 e. The normalized spacial score (nSPS) is 8.17. The molecule has 0 amide bonds. The molecule has 5 nitrogen and oxygen atoms in total. The number of nitrogens with zero attached hydrogens (tertiary/aromatic N) is 3. The minimum atomic E-state index is -0.0800. The molecule has 5 heteroatoms. The molecule has 42 heavy (non-hydrogen) atoms. The SMILES string of the molecule is C#CC#CC#CC#CC#CC#CC#CC#COc1ccc(-c2nc(-c3ccccc3)nc(-c3ccccc3)n2)c(O)c1. The number of rotatable bonds is 4. The van der Waals surface area contributed by atoms with Gasteiger partial charge in [0.25, 0.3) is 0 Å². The van der Waals surface area contributed by atoms with Crippen LogP contribution in [0.15, 0.2) is 78.9 Å². The third-order valence-electron chi connectivity index (χ3n) is 4.95. The van der Waals surface area contributed by atoms with E-state index in [9.17, 15) is 5.11 Å². The Morgan fingerprint density at radius 3 is 1.45 bits per heavy atom. The summed E-state index contributed by atoms with van der Waals surface area (Å²) in [5.74, 6) is 36.0. The molecule has 0 aliphatic heterocycles. The summed E-state index contributed by atoms with van der Waals surface area (Å²) in [5, 5.41) is 10.8. The fraction of sp³-hybridized carbons (Fsp3) is 0. The zero-order valence-corrected chi connectivity index (χ0v) is 21.8. The summed E-state index contributed by atoms with van der Waals surface area (Å²) in [6, 6.07) is 23.9. The van der Waals surface area contributed by atoms with Crippen LogP contribution in [0.1, 0.15) is 0 Å². The first-order valence-electron chi connectivity index (χ1n) is 12.1. The molecular formula is C37H15N3O2. The fourth-order valence-corrected chi connectivity index (χ4v) is 3.18. The molecule has 190 valence electrons. The fourth-order valence-electron chi connectivity index (χ4n) is 3.18. The van der Waals surface area contributed by atoms with Gasteiger partial charge in [-0.05, 0) is 53.6 Å². The average molecular weight is 534 g/mol. The second kappa shape index (κ2) is 15.2. The molecule has 1 aromatic heterocycles. The predicted octanol–water partition coefficient (Wildman–Crippen LogP) is 4.57. The number of benzene rings is 3. The molecule has 0 fully saturated rings. The Bertz CT molecular complexity index is 2060.